The van der Waals surface area contributed by atoms with Crippen molar-refractivity contribution < 1.29 is 4.79 Å². The van der Waals surface area contributed by atoms with Crippen LogP contribution in [0.1, 0.15) is 46.0 Å². The number of hydrogen-bond acceptors (Lipinski definition) is 3. The van der Waals surface area contributed by atoms with Gasteiger partial charge in [0.15, 0.2) is 0 Å². The van der Waals surface area contributed by atoms with E-state index in [-0.39, 0.29) is 12.1 Å². The van der Waals surface area contributed by atoms with Crippen molar-refractivity contribution in [2.45, 2.75) is 32.9 Å². The van der Waals surface area contributed by atoms with Gasteiger partial charge in [-0.05, 0) is 37.6 Å². The van der Waals surface area contributed by atoms with Gasteiger partial charge >= 0.3 is 0 Å². The first-order valence-electron chi connectivity index (χ1n) is 7.43. The highest BCUT2D eigenvalue weighted by atomic mass is 32.1. The SMILES string of the molecule is CCCCN1C(=O)c2ccccc2NC1c1ccc(C)s1. The molecule has 1 amide bonds. The number of benzene rings is 1. The summed E-state index contributed by atoms with van der Waals surface area (Å²) in [5, 5.41) is 3.53. The molecule has 0 bridgehead atoms. The van der Waals surface area contributed by atoms with Crippen LogP contribution in [0.4, 0.5) is 5.69 Å². The minimum Gasteiger partial charge on any atom is -0.360 e. The molecule has 110 valence electrons. The topological polar surface area (TPSA) is 32.3 Å². The van der Waals surface area contributed by atoms with Gasteiger partial charge in [0.1, 0.15) is 6.17 Å². The Morgan fingerprint density at radius 1 is 1.24 bits per heavy atom. The van der Waals surface area contributed by atoms with Crippen LogP contribution < -0.4 is 5.32 Å². The molecule has 1 aliphatic rings. The van der Waals surface area contributed by atoms with Crippen molar-refractivity contribution in [3.05, 3.63) is 51.7 Å². The third kappa shape index (κ3) is 2.68. The Labute approximate surface area is 129 Å². The molecule has 1 N–H and O–H groups in total. The molecule has 1 unspecified atom stereocenters. The van der Waals surface area contributed by atoms with Crippen LogP contribution in [0.2, 0.25) is 0 Å². The van der Waals surface area contributed by atoms with Crippen LogP contribution >= 0.6 is 11.3 Å². The number of para-hydroxylation sites is 1. The Kier molecular flexibility index (Phi) is 3.97. The molecule has 0 aliphatic carbocycles. The van der Waals surface area contributed by atoms with Gasteiger partial charge in [-0.2, -0.15) is 0 Å². The molecule has 2 aromatic rings. The first kappa shape index (κ1) is 14.1. The third-order valence-electron chi connectivity index (χ3n) is 3.81. The van der Waals surface area contributed by atoms with E-state index < -0.39 is 0 Å². The van der Waals surface area contributed by atoms with E-state index in [1.54, 1.807) is 11.3 Å². The van der Waals surface area contributed by atoms with Crippen molar-refractivity contribution in [1.29, 1.82) is 0 Å². The molecular weight excluding hydrogens is 280 g/mol. The number of hydrogen-bond donors (Lipinski definition) is 1. The van der Waals surface area contributed by atoms with E-state index in [0.717, 1.165) is 30.6 Å². The van der Waals surface area contributed by atoms with Crippen molar-refractivity contribution in [2.75, 3.05) is 11.9 Å². The maximum Gasteiger partial charge on any atom is 0.257 e. The molecule has 0 saturated heterocycles. The van der Waals surface area contributed by atoms with E-state index in [1.807, 2.05) is 29.2 Å². The van der Waals surface area contributed by atoms with E-state index in [2.05, 4.69) is 31.3 Å². The second-order valence-electron chi connectivity index (χ2n) is 5.39. The smallest absolute Gasteiger partial charge is 0.257 e. The van der Waals surface area contributed by atoms with Gasteiger partial charge in [-0.15, -0.1) is 11.3 Å². The van der Waals surface area contributed by atoms with Gasteiger partial charge in [-0.25, -0.2) is 0 Å². The summed E-state index contributed by atoms with van der Waals surface area (Å²) >= 11 is 1.75. The zero-order chi connectivity index (χ0) is 14.8. The van der Waals surface area contributed by atoms with Gasteiger partial charge in [-0.3, -0.25) is 4.79 Å². The molecule has 4 heteroatoms. The standard InChI is InChI=1S/C17H20N2OS/c1-3-4-11-19-16(15-10-9-12(2)21-15)18-14-8-6-5-7-13(14)17(19)20/h5-10,16,18H,3-4,11H2,1-2H3. The number of amides is 1. The molecule has 2 heterocycles. The summed E-state index contributed by atoms with van der Waals surface area (Å²) < 4.78 is 0. The molecule has 0 spiro atoms. The molecular formula is C17H20N2OS. The summed E-state index contributed by atoms with van der Waals surface area (Å²) in [6, 6.07) is 12.0. The largest absolute Gasteiger partial charge is 0.360 e. The lowest BCUT2D eigenvalue weighted by molar-refractivity contribution is 0.0683. The van der Waals surface area contributed by atoms with Gasteiger partial charge < -0.3 is 10.2 Å². The normalized spacial score (nSPS) is 17.5. The van der Waals surface area contributed by atoms with Crippen LogP contribution in [0.25, 0.3) is 0 Å². The minimum atomic E-state index is -0.0438. The Hall–Kier alpha value is -1.81. The molecule has 1 atom stereocenters. The van der Waals surface area contributed by atoms with Gasteiger partial charge in [0.2, 0.25) is 0 Å². The summed E-state index contributed by atoms with van der Waals surface area (Å²) in [5.74, 6) is 0.133. The van der Waals surface area contributed by atoms with E-state index in [4.69, 9.17) is 0 Å². The first-order valence-corrected chi connectivity index (χ1v) is 8.25. The maximum atomic E-state index is 12.8. The highest BCUT2D eigenvalue weighted by molar-refractivity contribution is 7.12. The number of thiophene rings is 1. The fraction of sp³-hybridized carbons (Fsp3) is 0.353. The van der Waals surface area contributed by atoms with E-state index in [0.29, 0.717) is 0 Å². The lowest BCUT2D eigenvalue weighted by atomic mass is 10.1. The summed E-state index contributed by atoms with van der Waals surface area (Å²) in [4.78, 5) is 17.2. The lowest BCUT2D eigenvalue weighted by Gasteiger charge is -2.37. The zero-order valence-electron chi connectivity index (χ0n) is 12.4. The average molecular weight is 300 g/mol. The van der Waals surface area contributed by atoms with Crippen molar-refractivity contribution in [3.8, 4) is 0 Å². The summed E-state index contributed by atoms with van der Waals surface area (Å²) in [5.41, 5.74) is 1.71. The van der Waals surface area contributed by atoms with Crippen LogP contribution in [-0.4, -0.2) is 17.4 Å². The lowest BCUT2D eigenvalue weighted by Crippen LogP contribution is -2.43. The number of aryl methyl sites for hydroxylation is 1. The van der Waals surface area contributed by atoms with Crippen LogP contribution in [-0.2, 0) is 0 Å². The van der Waals surface area contributed by atoms with E-state index in [9.17, 15) is 4.79 Å². The second kappa shape index (κ2) is 5.90. The van der Waals surface area contributed by atoms with Gasteiger partial charge in [0.25, 0.3) is 5.91 Å². The molecule has 1 aliphatic heterocycles. The maximum absolute atomic E-state index is 12.8. The molecule has 3 nitrogen and oxygen atoms in total. The summed E-state index contributed by atoms with van der Waals surface area (Å²) in [6.07, 6.45) is 2.07. The summed E-state index contributed by atoms with van der Waals surface area (Å²) in [7, 11) is 0. The van der Waals surface area contributed by atoms with Crippen molar-refractivity contribution in [3.63, 3.8) is 0 Å². The fourth-order valence-corrected chi connectivity index (χ4v) is 3.62. The first-order chi connectivity index (χ1) is 10.2. The predicted octanol–water partition coefficient (Wildman–Crippen LogP) is 4.42. The number of nitrogens with zero attached hydrogens (tertiary/aromatic N) is 1. The number of anilines is 1. The Morgan fingerprint density at radius 3 is 2.76 bits per heavy atom. The number of fused-ring (bicyclic) bond motifs is 1. The fourth-order valence-electron chi connectivity index (χ4n) is 2.68. The molecule has 21 heavy (non-hydrogen) atoms. The quantitative estimate of drug-likeness (QED) is 0.906. The van der Waals surface area contributed by atoms with Gasteiger partial charge in [-0.1, -0.05) is 25.5 Å². The predicted molar refractivity (Wildman–Crippen MR) is 87.8 cm³/mol. The molecule has 1 aromatic heterocycles. The van der Waals surface area contributed by atoms with Crippen molar-refractivity contribution >= 4 is 22.9 Å². The van der Waals surface area contributed by atoms with Crippen molar-refractivity contribution in [1.82, 2.24) is 4.90 Å². The number of carbonyl (C=O) groups is 1. The highest BCUT2D eigenvalue weighted by Crippen LogP contribution is 2.35. The molecule has 0 radical (unpaired) electrons. The number of rotatable bonds is 4. The minimum absolute atomic E-state index is 0.0438. The van der Waals surface area contributed by atoms with Crippen LogP contribution in [0.5, 0.6) is 0 Å². The van der Waals surface area contributed by atoms with Gasteiger partial charge in [0.05, 0.1) is 5.56 Å². The Morgan fingerprint density at radius 2 is 2.05 bits per heavy atom. The van der Waals surface area contributed by atoms with Crippen molar-refractivity contribution in [2.24, 2.45) is 0 Å². The second-order valence-corrected chi connectivity index (χ2v) is 6.71. The van der Waals surface area contributed by atoms with Gasteiger partial charge in [0, 0.05) is 22.0 Å². The van der Waals surface area contributed by atoms with E-state index >= 15 is 0 Å². The average Bonchev–Trinajstić information content (AvgIpc) is 2.93. The zero-order valence-corrected chi connectivity index (χ0v) is 13.2. The third-order valence-corrected chi connectivity index (χ3v) is 4.86. The highest BCUT2D eigenvalue weighted by Gasteiger charge is 2.32. The summed E-state index contributed by atoms with van der Waals surface area (Å²) in [6.45, 7) is 5.04. The molecule has 0 saturated carbocycles. The Balaban J connectivity index is 1.98. The van der Waals surface area contributed by atoms with Crippen LogP contribution in [0.15, 0.2) is 36.4 Å². The van der Waals surface area contributed by atoms with Crippen LogP contribution in [0.3, 0.4) is 0 Å². The number of nitrogens with one attached hydrogen (secondary N) is 1. The molecule has 0 fully saturated rings. The Bertz CT molecular complexity index is 650. The van der Waals surface area contributed by atoms with E-state index in [1.165, 1.54) is 9.75 Å². The van der Waals surface area contributed by atoms with Crippen LogP contribution in [0, 0.1) is 6.92 Å². The number of carbonyl (C=O) groups excluding carboxylic acids is 1. The monoisotopic (exact) mass is 300 g/mol. The number of unbranched alkanes of at least 4 members (excludes halogenated alkanes) is 1. The molecule has 3 rings (SSSR count). The molecule has 1 aromatic carbocycles.